The minimum atomic E-state index is -0.289. The fourth-order valence-electron chi connectivity index (χ4n) is 2.65. The molecule has 1 aromatic heterocycles. The molecule has 0 saturated heterocycles. The molecular weight excluding hydrogens is 280 g/mol. The van der Waals surface area contributed by atoms with Gasteiger partial charge in [0.2, 0.25) is 5.88 Å². The topological polar surface area (TPSA) is 97.0 Å². The third kappa shape index (κ3) is 2.17. The number of anilines is 1. The summed E-state index contributed by atoms with van der Waals surface area (Å²) in [5.41, 5.74) is 8.15. The number of allylic oxidation sites excluding steroid dienone is 2. The van der Waals surface area contributed by atoms with Crippen LogP contribution in [0.5, 0.6) is 11.6 Å². The van der Waals surface area contributed by atoms with Crippen LogP contribution in [0.15, 0.2) is 35.6 Å². The summed E-state index contributed by atoms with van der Waals surface area (Å²) >= 11 is 0. The summed E-state index contributed by atoms with van der Waals surface area (Å²) in [6.07, 6.45) is 0. The van der Waals surface area contributed by atoms with Crippen molar-refractivity contribution in [3.8, 4) is 17.7 Å². The number of nitrogens with one attached hydrogen (secondary N) is 1. The number of nitrogens with two attached hydrogens (primary N) is 1. The maximum atomic E-state index is 9.50. The second-order valence-corrected chi connectivity index (χ2v) is 4.97. The Labute approximate surface area is 128 Å². The summed E-state index contributed by atoms with van der Waals surface area (Å²) in [5.74, 6) is 1.88. The third-order valence-corrected chi connectivity index (χ3v) is 3.65. The maximum Gasteiger partial charge on any atom is 0.244 e. The fourth-order valence-corrected chi connectivity index (χ4v) is 2.65. The van der Waals surface area contributed by atoms with Crippen LogP contribution in [0.25, 0.3) is 0 Å². The Hall–Kier alpha value is -2.94. The Morgan fingerprint density at radius 2 is 2.14 bits per heavy atom. The summed E-state index contributed by atoms with van der Waals surface area (Å²) in [6.45, 7) is 4.30. The van der Waals surface area contributed by atoms with Gasteiger partial charge in [0.1, 0.15) is 17.3 Å². The SMILES string of the molecule is CCOc1ccc(C2C(C#N)=C(C)Oc3n[nH]c(N)c32)cc1. The molecule has 0 saturated carbocycles. The minimum Gasteiger partial charge on any atom is -0.494 e. The molecule has 2 aromatic rings. The molecule has 22 heavy (non-hydrogen) atoms. The quantitative estimate of drug-likeness (QED) is 0.907. The lowest BCUT2D eigenvalue weighted by molar-refractivity contribution is 0.340. The molecule has 6 nitrogen and oxygen atoms in total. The van der Waals surface area contributed by atoms with E-state index in [1.807, 2.05) is 31.2 Å². The number of hydrogen-bond donors (Lipinski definition) is 2. The Balaban J connectivity index is 2.10. The Morgan fingerprint density at radius 1 is 1.41 bits per heavy atom. The zero-order chi connectivity index (χ0) is 15.7. The predicted octanol–water partition coefficient (Wildman–Crippen LogP) is 2.71. The van der Waals surface area contributed by atoms with E-state index >= 15 is 0 Å². The minimum absolute atomic E-state index is 0.289. The molecule has 0 fully saturated rings. The van der Waals surface area contributed by atoms with E-state index in [1.165, 1.54) is 0 Å². The summed E-state index contributed by atoms with van der Waals surface area (Å²) in [7, 11) is 0. The molecule has 6 heteroatoms. The van der Waals surface area contributed by atoms with Gasteiger partial charge in [0.05, 0.1) is 29.7 Å². The van der Waals surface area contributed by atoms with Gasteiger partial charge in [-0.3, -0.25) is 5.10 Å². The van der Waals surface area contributed by atoms with Crippen molar-refractivity contribution in [3.05, 3.63) is 46.7 Å². The molecule has 1 aromatic carbocycles. The van der Waals surface area contributed by atoms with Crippen molar-refractivity contribution in [1.82, 2.24) is 10.2 Å². The first-order valence-corrected chi connectivity index (χ1v) is 7.01. The van der Waals surface area contributed by atoms with Gasteiger partial charge in [0, 0.05) is 0 Å². The number of rotatable bonds is 3. The number of fused-ring (bicyclic) bond motifs is 1. The molecule has 0 bridgehead atoms. The van der Waals surface area contributed by atoms with Gasteiger partial charge in [-0.1, -0.05) is 12.1 Å². The van der Waals surface area contributed by atoms with Crippen molar-refractivity contribution in [1.29, 1.82) is 5.26 Å². The zero-order valence-electron chi connectivity index (χ0n) is 12.4. The number of hydrogen-bond acceptors (Lipinski definition) is 5. The maximum absolute atomic E-state index is 9.50. The predicted molar refractivity (Wildman–Crippen MR) is 81.4 cm³/mol. The molecule has 1 aliphatic heterocycles. The van der Waals surface area contributed by atoms with Crippen molar-refractivity contribution in [2.75, 3.05) is 12.3 Å². The van der Waals surface area contributed by atoms with Crippen molar-refractivity contribution in [2.45, 2.75) is 19.8 Å². The normalized spacial score (nSPS) is 16.7. The second kappa shape index (κ2) is 5.45. The van der Waals surface area contributed by atoms with Crippen LogP contribution in [0, 0.1) is 11.3 Å². The summed E-state index contributed by atoms with van der Waals surface area (Å²) < 4.78 is 11.0. The van der Waals surface area contributed by atoms with E-state index in [2.05, 4.69) is 16.3 Å². The number of nitrogen functional groups attached to an aromatic ring is 1. The number of ether oxygens (including phenoxy) is 2. The van der Waals surface area contributed by atoms with Gasteiger partial charge in [-0.15, -0.1) is 5.10 Å². The molecule has 3 rings (SSSR count). The molecular formula is C16H16N4O2. The van der Waals surface area contributed by atoms with Crippen LogP contribution in [0.1, 0.15) is 30.9 Å². The van der Waals surface area contributed by atoms with Crippen molar-refractivity contribution < 1.29 is 9.47 Å². The monoisotopic (exact) mass is 296 g/mol. The fraction of sp³-hybridized carbons (Fsp3) is 0.250. The van der Waals surface area contributed by atoms with Gasteiger partial charge in [-0.25, -0.2) is 0 Å². The molecule has 112 valence electrons. The van der Waals surface area contributed by atoms with E-state index in [0.717, 1.165) is 11.3 Å². The van der Waals surface area contributed by atoms with Gasteiger partial charge >= 0.3 is 0 Å². The van der Waals surface area contributed by atoms with Gasteiger partial charge in [0.15, 0.2) is 0 Å². The van der Waals surface area contributed by atoms with Crippen LogP contribution in [0.3, 0.4) is 0 Å². The molecule has 0 amide bonds. The first kappa shape index (κ1) is 14.0. The summed E-state index contributed by atoms with van der Waals surface area (Å²) in [5, 5.41) is 16.3. The highest BCUT2D eigenvalue weighted by molar-refractivity contribution is 5.61. The van der Waals surface area contributed by atoms with E-state index < -0.39 is 0 Å². The summed E-state index contributed by atoms with van der Waals surface area (Å²) in [4.78, 5) is 0. The lowest BCUT2D eigenvalue weighted by atomic mass is 9.84. The molecule has 1 aliphatic rings. The second-order valence-electron chi connectivity index (χ2n) is 4.97. The van der Waals surface area contributed by atoms with Crippen molar-refractivity contribution in [2.24, 2.45) is 0 Å². The van der Waals surface area contributed by atoms with Gasteiger partial charge in [-0.2, -0.15) is 5.26 Å². The Kier molecular flexibility index (Phi) is 3.47. The third-order valence-electron chi connectivity index (χ3n) is 3.65. The standard InChI is InChI=1S/C16H16N4O2/c1-3-21-11-6-4-10(5-7-11)13-12(8-17)9(2)22-16-14(13)15(18)19-20-16/h4-7,13H,3H2,1-2H3,(H3,18,19,20). The van der Waals surface area contributed by atoms with E-state index in [0.29, 0.717) is 35.2 Å². The number of aromatic nitrogens is 2. The average molecular weight is 296 g/mol. The first-order valence-electron chi connectivity index (χ1n) is 7.01. The van der Waals surface area contributed by atoms with Crippen molar-refractivity contribution in [3.63, 3.8) is 0 Å². The van der Waals surface area contributed by atoms with Gasteiger partial charge in [0.25, 0.3) is 0 Å². The van der Waals surface area contributed by atoms with Crippen LogP contribution in [0.2, 0.25) is 0 Å². The smallest absolute Gasteiger partial charge is 0.244 e. The number of aromatic amines is 1. The van der Waals surface area contributed by atoms with E-state index in [4.69, 9.17) is 15.2 Å². The average Bonchev–Trinajstić information content (AvgIpc) is 2.88. The zero-order valence-corrected chi connectivity index (χ0v) is 12.4. The molecule has 1 atom stereocenters. The van der Waals surface area contributed by atoms with Crippen LogP contribution in [-0.4, -0.2) is 16.8 Å². The summed E-state index contributed by atoms with van der Waals surface area (Å²) in [6, 6.07) is 9.86. The van der Waals surface area contributed by atoms with Gasteiger partial charge < -0.3 is 15.2 Å². The first-order chi connectivity index (χ1) is 10.7. The van der Waals surface area contributed by atoms with Crippen LogP contribution < -0.4 is 15.2 Å². The Bertz CT molecular complexity index is 768. The van der Waals surface area contributed by atoms with Crippen LogP contribution >= 0.6 is 0 Å². The van der Waals surface area contributed by atoms with E-state index in [9.17, 15) is 5.26 Å². The van der Waals surface area contributed by atoms with Crippen molar-refractivity contribution >= 4 is 5.82 Å². The Morgan fingerprint density at radius 3 is 2.77 bits per heavy atom. The van der Waals surface area contributed by atoms with Crippen LogP contribution in [0.4, 0.5) is 5.82 Å². The molecule has 0 spiro atoms. The lowest BCUT2D eigenvalue weighted by Crippen LogP contribution is -2.15. The molecule has 1 unspecified atom stereocenters. The largest absolute Gasteiger partial charge is 0.494 e. The highest BCUT2D eigenvalue weighted by Gasteiger charge is 2.33. The van der Waals surface area contributed by atoms with E-state index in [-0.39, 0.29) is 5.92 Å². The molecule has 2 heterocycles. The highest BCUT2D eigenvalue weighted by Crippen LogP contribution is 2.44. The highest BCUT2D eigenvalue weighted by atomic mass is 16.5. The molecule has 0 radical (unpaired) electrons. The van der Waals surface area contributed by atoms with Crippen LogP contribution in [-0.2, 0) is 0 Å². The number of nitrogens with zero attached hydrogens (tertiary/aromatic N) is 2. The number of nitriles is 1. The molecule has 0 aliphatic carbocycles. The van der Waals surface area contributed by atoms with E-state index in [1.54, 1.807) is 6.92 Å². The lowest BCUT2D eigenvalue weighted by Gasteiger charge is -2.24. The van der Waals surface area contributed by atoms with Gasteiger partial charge in [-0.05, 0) is 31.5 Å². The number of H-pyrrole nitrogens is 1. The number of benzene rings is 1. The molecule has 3 N–H and O–H groups in total.